The summed E-state index contributed by atoms with van der Waals surface area (Å²) in [6.07, 6.45) is 2.49. The number of benzene rings is 1. The molecule has 98 valence electrons. The summed E-state index contributed by atoms with van der Waals surface area (Å²) in [5.41, 5.74) is 2.79. The predicted octanol–water partition coefficient (Wildman–Crippen LogP) is 3.19. The van der Waals surface area contributed by atoms with Crippen molar-refractivity contribution in [2.45, 2.75) is 13.8 Å². The second-order valence-electron chi connectivity index (χ2n) is 4.16. The van der Waals surface area contributed by atoms with Crippen LogP contribution in [0.15, 0.2) is 24.5 Å². The number of halogens is 1. The third-order valence-electron chi connectivity index (χ3n) is 2.57. The van der Waals surface area contributed by atoms with E-state index in [1.165, 1.54) is 12.4 Å². The summed E-state index contributed by atoms with van der Waals surface area (Å²) in [6, 6.07) is 3.82. The topological polar surface area (TPSA) is 75.1 Å². The molecule has 2 N–H and O–H groups in total. The van der Waals surface area contributed by atoms with E-state index in [2.05, 4.69) is 15.3 Å². The molecule has 1 heterocycles. The molecule has 0 aliphatic rings. The van der Waals surface area contributed by atoms with E-state index in [1.54, 1.807) is 0 Å². The Morgan fingerprint density at radius 1 is 1.26 bits per heavy atom. The number of carboxylic acids is 1. The third-order valence-corrected chi connectivity index (χ3v) is 2.87. The molecule has 0 fully saturated rings. The first-order valence-electron chi connectivity index (χ1n) is 5.56. The highest BCUT2D eigenvalue weighted by Gasteiger charge is 2.08. The molecular weight excluding hydrogens is 266 g/mol. The molecule has 2 rings (SSSR count). The Morgan fingerprint density at radius 2 is 1.89 bits per heavy atom. The number of carboxylic acid groups (broad SMARTS) is 1. The average Bonchev–Trinajstić information content (AvgIpc) is 2.34. The monoisotopic (exact) mass is 277 g/mol. The van der Waals surface area contributed by atoms with Crippen molar-refractivity contribution in [1.82, 2.24) is 9.97 Å². The van der Waals surface area contributed by atoms with Gasteiger partial charge in [0.1, 0.15) is 0 Å². The molecule has 6 heteroatoms. The van der Waals surface area contributed by atoms with Crippen LogP contribution in [0, 0.1) is 13.8 Å². The van der Waals surface area contributed by atoms with E-state index >= 15 is 0 Å². The summed E-state index contributed by atoms with van der Waals surface area (Å²) in [6.45, 7) is 3.88. The highest BCUT2D eigenvalue weighted by atomic mass is 35.5. The molecule has 2 aromatic rings. The number of aromatic nitrogens is 2. The van der Waals surface area contributed by atoms with Gasteiger partial charge in [-0.25, -0.2) is 14.8 Å². The lowest BCUT2D eigenvalue weighted by Gasteiger charge is -2.11. The summed E-state index contributed by atoms with van der Waals surface area (Å²) in [5.74, 6) is -0.755. The van der Waals surface area contributed by atoms with Crippen molar-refractivity contribution in [2.75, 3.05) is 5.32 Å². The van der Waals surface area contributed by atoms with E-state index in [9.17, 15) is 4.79 Å². The fourth-order valence-electron chi connectivity index (χ4n) is 1.69. The molecule has 0 aliphatic heterocycles. The molecule has 1 aromatic heterocycles. The molecule has 0 amide bonds. The van der Waals surface area contributed by atoms with Gasteiger partial charge in [0.25, 0.3) is 0 Å². The normalized spacial score (nSPS) is 10.3. The quantitative estimate of drug-likeness (QED) is 0.901. The Morgan fingerprint density at radius 3 is 2.42 bits per heavy atom. The summed E-state index contributed by atoms with van der Waals surface area (Å²) in [4.78, 5) is 18.6. The number of anilines is 2. The lowest BCUT2D eigenvalue weighted by molar-refractivity contribution is 0.0696. The number of aromatic carboxylic acids is 1. The first-order chi connectivity index (χ1) is 8.97. The minimum atomic E-state index is -1.06. The number of rotatable bonds is 3. The summed E-state index contributed by atoms with van der Waals surface area (Å²) >= 11 is 6.15. The van der Waals surface area contributed by atoms with E-state index in [-0.39, 0.29) is 5.56 Å². The van der Waals surface area contributed by atoms with Crippen LogP contribution in [0.3, 0.4) is 0 Å². The van der Waals surface area contributed by atoms with E-state index in [1.807, 2.05) is 26.0 Å². The molecule has 0 atom stereocenters. The molecule has 0 spiro atoms. The first-order valence-corrected chi connectivity index (χ1v) is 5.94. The fourth-order valence-corrected chi connectivity index (χ4v) is 2.06. The Balaban J connectivity index is 2.29. The SMILES string of the molecule is Cc1cc(C)c(Nc2ncc(C(=O)O)cn2)c(Cl)c1. The van der Waals surface area contributed by atoms with Crippen LogP contribution in [0.25, 0.3) is 0 Å². The van der Waals surface area contributed by atoms with E-state index in [0.29, 0.717) is 11.0 Å². The number of hydrogen-bond donors (Lipinski definition) is 2. The number of carbonyl (C=O) groups is 1. The summed E-state index contributed by atoms with van der Waals surface area (Å²) < 4.78 is 0. The Kier molecular flexibility index (Phi) is 3.66. The Hall–Kier alpha value is -2.14. The van der Waals surface area contributed by atoms with E-state index in [4.69, 9.17) is 16.7 Å². The van der Waals surface area contributed by atoms with Crippen LogP contribution in [0.5, 0.6) is 0 Å². The Bertz CT molecular complexity index is 603. The molecule has 0 aliphatic carbocycles. The van der Waals surface area contributed by atoms with E-state index in [0.717, 1.165) is 16.8 Å². The van der Waals surface area contributed by atoms with Gasteiger partial charge in [-0.1, -0.05) is 17.7 Å². The molecule has 0 saturated carbocycles. The minimum absolute atomic E-state index is 0.0391. The highest BCUT2D eigenvalue weighted by Crippen LogP contribution is 2.29. The highest BCUT2D eigenvalue weighted by molar-refractivity contribution is 6.33. The van der Waals surface area contributed by atoms with Gasteiger partial charge in [0, 0.05) is 12.4 Å². The summed E-state index contributed by atoms with van der Waals surface area (Å²) in [5, 5.41) is 12.3. The smallest absolute Gasteiger partial charge is 0.338 e. The van der Waals surface area contributed by atoms with Gasteiger partial charge in [0.05, 0.1) is 16.3 Å². The van der Waals surface area contributed by atoms with Crippen LogP contribution in [0.4, 0.5) is 11.6 Å². The zero-order valence-electron chi connectivity index (χ0n) is 10.4. The van der Waals surface area contributed by atoms with Crippen molar-refractivity contribution in [3.63, 3.8) is 0 Å². The molecule has 19 heavy (non-hydrogen) atoms. The van der Waals surface area contributed by atoms with Gasteiger partial charge in [0.2, 0.25) is 5.95 Å². The van der Waals surface area contributed by atoms with Gasteiger partial charge in [-0.15, -0.1) is 0 Å². The minimum Gasteiger partial charge on any atom is -0.478 e. The molecular formula is C13H12ClN3O2. The summed E-state index contributed by atoms with van der Waals surface area (Å²) in [7, 11) is 0. The van der Waals surface area contributed by atoms with Crippen LogP contribution in [0.2, 0.25) is 5.02 Å². The number of aryl methyl sites for hydroxylation is 2. The van der Waals surface area contributed by atoms with Crippen LogP contribution in [-0.2, 0) is 0 Å². The Labute approximate surface area is 115 Å². The maximum Gasteiger partial charge on any atom is 0.338 e. The molecule has 5 nitrogen and oxygen atoms in total. The van der Waals surface area contributed by atoms with Gasteiger partial charge in [-0.3, -0.25) is 0 Å². The van der Waals surface area contributed by atoms with Crippen molar-refractivity contribution in [3.8, 4) is 0 Å². The molecule has 0 bridgehead atoms. The third kappa shape index (κ3) is 3.00. The van der Waals surface area contributed by atoms with E-state index < -0.39 is 5.97 Å². The fraction of sp³-hybridized carbons (Fsp3) is 0.154. The lowest BCUT2D eigenvalue weighted by Crippen LogP contribution is -2.03. The van der Waals surface area contributed by atoms with Crippen molar-refractivity contribution < 1.29 is 9.90 Å². The largest absolute Gasteiger partial charge is 0.478 e. The predicted molar refractivity (Wildman–Crippen MR) is 73.2 cm³/mol. The standard InChI is InChI=1S/C13H12ClN3O2/c1-7-3-8(2)11(10(14)4-7)17-13-15-5-9(6-16-13)12(18)19/h3-6H,1-2H3,(H,18,19)(H,15,16,17). The van der Waals surface area contributed by atoms with Crippen LogP contribution >= 0.6 is 11.6 Å². The zero-order valence-corrected chi connectivity index (χ0v) is 11.2. The zero-order chi connectivity index (χ0) is 14.0. The maximum atomic E-state index is 10.7. The van der Waals surface area contributed by atoms with Crippen LogP contribution in [0.1, 0.15) is 21.5 Å². The molecule has 0 radical (unpaired) electrons. The average molecular weight is 278 g/mol. The maximum absolute atomic E-state index is 10.7. The molecule has 1 aromatic carbocycles. The van der Waals surface area contributed by atoms with Crippen LogP contribution < -0.4 is 5.32 Å². The van der Waals surface area contributed by atoms with Crippen molar-refractivity contribution in [3.05, 3.63) is 46.2 Å². The second kappa shape index (κ2) is 5.24. The van der Waals surface area contributed by atoms with Gasteiger partial charge in [0.15, 0.2) is 0 Å². The second-order valence-corrected chi connectivity index (χ2v) is 4.57. The van der Waals surface area contributed by atoms with Crippen molar-refractivity contribution in [1.29, 1.82) is 0 Å². The molecule has 0 unspecified atom stereocenters. The number of nitrogens with one attached hydrogen (secondary N) is 1. The van der Waals surface area contributed by atoms with Crippen molar-refractivity contribution >= 4 is 29.2 Å². The van der Waals surface area contributed by atoms with Gasteiger partial charge >= 0.3 is 5.97 Å². The lowest BCUT2D eigenvalue weighted by atomic mass is 10.1. The van der Waals surface area contributed by atoms with Crippen molar-refractivity contribution in [2.24, 2.45) is 0 Å². The number of hydrogen-bond acceptors (Lipinski definition) is 4. The van der Waals surface area contributed by atoms with Gasteiger partial charge in [-0.05, 0) is 31.0 Å². The van der Waals surface area contributed by atoms with Crippen LogP contribution in [-0.4, -0.2) is 21.0 Å². The van der Waals surface area contributed by atoms with Gasteiger partial charge < -0.3 is 10.4 Å². The number of nitrogens with zero attached hydrogens (tertiary/aromatic N) is 2. The molecule has 0 saturated heterocycles. The first kappa shape index (κ1) is 13.3. The van der Waals surface area contributed by atoms with Gasteiger partial charge in [-0.2, -0.15) is 0 Å².